The third kappa shape index (κ3) is 6.77. The zero-order valence-corrected chi connectivity index (χ0v) is 13.6. The summed E-state index contributed by atoms with van der Waals surface area (Å²) in [6.45, 7) is 7.06. The molecular formula is C15H21N3O5. The van der Waals surface area contributed by atoms with Crippen molar-refractivity contribution >= 4 is 23.4 Å². The first-order valence-electron chi connectivity index (χ1n) is 7.10. The minimum atomic E-state index is -0.605. The molecule has 1 aromatic rings. The zero-order valence-electron chi connectivity index (χ0n) is 13.6. The van der Waals surface area contributed by atoms with Crippen LogP contribution in [0.3, 0.4) is 0 Å². The van der Waals surface area contributed by atoms with Crippen LogP contribution in [0.25, 0.3) is 0 Å². The van der Waals surface area contributed by atoms with E-state index in [1.54, 1.807) is 33.8 Å². The summed E-state index contributed by atoms with van der Waals surface area (Å²) < 4.78 is 5.04. The van der Waals surface area contributed by atoms with Gasteiger partial charge < -0.3 is 15.4 Å². The van der Waals surface area contributed by atoms with Gasteiger partial charge in [0.05, 0.1) is 10.6 Å². The van der Waals surface area contributed by atoms with Crippen LogP contribution in [-0.4, -0.2) is 29.1 Å². The first-order valence-corrected chi connectivity index (χ1v) is 7.10. The van der Waals surface area contributed by atoms with Gasteiger partial charge in [0.25, 0.3) is 5.69 Å². The molecular weight excluding hydrogens is 302 g/mol. The van der Waals surface area contributed by atoms with Gasteiger partial charge in [-0.2, -0.15) is 0 Å². The zero-order chi connectivity index (χ0) is 17.6. The number of anilines is 1. The third-order valence-corrected chi connectivity index (χ3v) is 2.73. The molecule has 2 amide bonds. The second kappa shape index (κ2) is 7.57. The number of benzene rings is 1. The van der Waals surface area contributed by atoms with E-state index >= 15 is 0 Å². The molecule has 126 valence electrons. The maximum Gasteiger partial charge on any atom is 0.407 e. The molecule has 0 fully saturated rings. The smallest absolute Gasteiger partial charge is 0.407 e. The summed E-state index contributed by atoms with van der Waals surface area (Å²) in [6, 6.07) is 4.23. The molecule has 1 rings (SSSR count). The van der Waals surface area contributed by atoms with Gasteiger partial charge in [0.1, 0.15) is 5.60 Å². The Balaban J connectivity index is 2.50. The molecule has 0 spiro atoms. The average Bonchev–Trinajstić information content (AvgIpc) is 2.38. The Morgan fingerprint density at radius 3 is 2.52 bits per heavy atom. The van der Waals surface area contributed by atoms with Crippen molar-refractivity contribution in [2.75, 3.05) is 11.9 Å². The summed E-state index contributed by atoms with van der Waals surface area (Å²) in [5.74, 6) is -0.357. The molecule has 0 saturated heterocycles. The minimum absolute atomic E-state index is 0.0291. The number of hydrogen-bond donors (Lipinski definition) is 2. The van der Waals surface area contributed by atoms with Crippen molar-refractivity contribution in [2.24, 2.45) is 0 Å². The normalized spacial score (nSPS) is 10.8. The first-order chi connectivity index (χ1) is 10.6. The lowest BCUT2D eigenvalue weighted by Gasteiger charge is -2.19. The number of nitro benzene ring substituents is 1. The SMILES string of the molecule is Cc1ccc([N+](=O)[O-])cc1NC(=O)CCNC(=O)OC(C)(C)C. The molecule has 0 atom stereocenters. The number of nitrogens with zero attached hydrogens (tertiary/aromatic N) is 1. The number of hydrogen-bond acceptors (Lipinski definition) is 5. The molecule has 0 saturated carbocycles. The van der Waals surface area contributed by atoms with Gasteiger partial charge in [0.15, 0.2) is 0 Å². The maximum atomic E-state index is 11.8. The number of alkyl carbamates (subject to hydrolysis) is 1. The summed E-state index contributed by atoms with van der Waals surface area (Å²) in [4.78, 5) is 33.5. The number of rotatable bonds is 5. The first kappa shape index (κ1) is 18.4. The van der Waals surface area contributed by atoms with Crippen LogP contribution in [0.1, 0.15) is 32.8 Å². The summed E-state index contributed by atoms with van der Waals surface area (Å²) >= 11 is 0. The van der Waals surface area contributed by atoms with Crippen LogP contribution < -0.4 is 10.6 Å². The third-order valence-electron chi connectivity index (χ3n) is 2.73. The maximum absolute atomic E-state index is 11.8. The lowest BCUT2D eigenvalue weighted by atomic mass is 10.2. The Labute approximate surface area is 134 Å². The molecule has 0 heterocycles. The highest BCUT2D eigenvalue weighted by Crippen LogP contribution is 2.21. The molecule has 0 aliphatic rings. The highest BCUT2D eigenvalue weighted by Gasteiger charge is 2.16. The van der Waals surface area contributed by atoms with Gasteiger partial charge in [0.2, 0.25) is 5.91 Å². The molecule has 1 aromatic carbocycles. The number of nitrogens with one attached hydrogen (secondary N) is 2. The van der Waals surface area contributed by atoms with Crippen molar-refractivity contribution in [3.63, 3.8) is 0 Å². The van der Waals surface area contributed by atoms with E-state index in [-0.39, 0.29) is 24.6 Å². The largest absolute Gasteiger partial charge is 0.444 e. The molecule has 0 unspecified atom stereocenters. The Morgan fingerprint density at radius 2 is 1.96 bits per heavy atom. The number of carbonyl (C=O) groups is 2. The Hall–Kier alpha value is -2.64. The predicted octanol–water partition coefficient (Wildman–Crippen LogP) is 2.76. The van der Waals surface area contributed by atoms with Crippen LogP contribution in [0.2, 0.25) is 0 Å². The van der Waals surface area contributed by atoms with Gasteiger partial charge in [-0.1, -0.05) is 6.07 Å². The summed E-state index contributed by atoms with van der Waals surface area (Å²) in [6.07, 6.45) is -0.571. The van der Waals surface area contributed by atoms with E-state index in [1.165, 1.54) is 12.1 Å². The number of carbonyl (C=O) groups excluding carboxylic acids is 2. The average molecular weight is 323 g/mol. The Morgan fingerprint density at radius 1 is 1.30 bits per heavy atom. The van der Waals surface area contributed by atoms with Crippen LogP contribution in [0.15, 0.2) is 18.2 Å². The molecule has 0 aromatic heterocycles. The summed E-state index contributed by atoms with van der Waals surface area (Å²) in [7, 11) is 0. The highest BCUT2D eigenvalue weighted by molar-refractivity contribution is 5.92. The van der Waals surface area contributed by atoms with Gasteiger partial charge >= 0.3 is 6.09 Å². The van der Waals surface area contributed by atoms with E-state index in [1.807, 2.05) is 0 Å². The van der Waals surface area contributed by atoms with Crippen molar-refractivity contribution in [3.05, 3.63) is 33.9 Å². The van der Waals surface area contributed by atoms with Gasteiger partial charge in [-0.15, -0.1) is 0 Å². The van der Waals surface area contributed by atoms with Gasteiger partial charge in [-0.05, 0) is 33.3 Å². The molecule has 0 bridgehead atoms. The van der Waals surface area contributed by atoms with E-state index in [0.717, 1.165) is 0 Å². The van der Waals surface area contributed by atoms with Crippen LogP contribution in [0, 0.1) is 17.0 Å². The molecule has 2 N–H and O–H groups in total. The Kier molecular flexibility index (Phi) is 6.06. The van der Waals surface area contributed by atoms with Crippen molar-refractivity contribution in [2.45, 2.75) is 39.7 Å². The van der Waals surface area contributed by atoms with Crippen LogP contribution >= 0.6 is 0 Å². The van der Waals surface area contributed by atoms with E-state index < -0.39 is 16.6 Å². The monoisotopic (exact) mass is 323 g/mol. The molecule has 0 radical (unpaired) electrons. The standard InChI is InChI=1S/C15H21N3O5/c1-10-5-6-11(18(21)22)9-12(10)17-13(19)7-8-16-14(20)23-15(2,3)4/h5-6,9H,7-8H2,1-4H3,(H,16,20)(H,17,19). The summed E-state index contributed by atoms with van der Waals surface area (Å²) in [5, 5.41) is 15.8. The van der Waals surface area contributed by atoms with E-state index in [4.69, 9.17) is 4.74 Å². The number of ether oxygens (including phenoxy) is 1. The summed E-state index contributed by atoms with van der Waals surface area (Å²) in [5.41, 5.74) is 0.384. The lowest BCUT2D eigenvalue weighted by molar-refractivity contribution is -0.384. The number of aryl methyl sites for hydroxylation is 1. The minimum Gasteiger partial charge on any atom is -0.444 e. The van der Waals surface area contributed by atoms with Crippen LogP contribution in [0.5, 0.6) is 0 Å². The van der Waals surface area contributed by atoms with Crippen molar-refractivity contribution in [1.82, 2.24) is 5.32 Å². The van der Waals surface area contributed by atoms with E-state index in [2.05, 4.69) is 10.6 Å². The van der Waals surface area contributed by atoms with Crippen LogP contribution in [0.4, 0.5) is 16.2 Å². The lowest BCUT2D eigenvalue weighted by Crippen LogP contribution is -2.34. The number of nitro groups is 1. The molecule has 0 aliphatic heterocycles. The van der Waals surface area contributed by atoms with E-state index in [9.17, 15) is 19.7 Å². The fourth-order valence-corrected chi connectivity index (χ4v) is 1.66. The van der Waals surface area contributed by atoms with Crippen molar-refractivity contribution < 1.29 is 19.2 Å². The molecule has 8 heteroatoms. The number of non-ortho nitro benzene ring substituents is 1. The topological polar surface area (TPSA) is 111 Å². The second-order valence-corrected chi connectivity index (χ2v) is 5.98. The number of amides is 2. The fraction of sp³-hybridized carbons (Fsp3) is 0.467. The Bertz CT molecular complexity index is 608. The quantitative estimate of drug-likeness (QED) is 0.639. The van der Waals surface area contributed by atoms with Crippen molar-refractivity contribution in [1.29, 1.82) is 0 Å². The van der Waals surface area contributed by atoms with Gasteiger partial charge in [-0.25, -0.2) is 4.79 Å². The fourth-order valence-electron chi connectivity index (χ4n) is 1.66. The predicted molar refractivity (Wildman–Crippen MR) is 85.3 cm³/mol. The molecule has 0 aliphatic carbocycles. The van der Waals surface area contributed by atoms with Crippen LogP contribution in [-0.2, 0) is 9.53 Å². The molecule has 8 nitrogen and oxygen atoms in total. The van der Waals surface area contributed by atoms with E-state index in [0.29, 0.717) is 11.3 Å². The molecule has 23 heavy (non-hydrogen) atoms. The highest BCUT2D eigenvalue weighted by atomic mass is 16.6. The van der Waals surface area contributed by atoms with Gasteiger partial charge in [-0.3, -0.25) is 14.9 Å². The van der Waals surface area contributed by atoms with Crippen molar-refractivity contribution in [3.8, 4) is 0 Å². The van der Waals surface area contributed by atoms with Gasteiger partial charge in [0, 0.05) is 25.1 Å². The second-order valence-electron chi connectivity index (χ2n) is 5.98.